The van der Waals surface area contributed by atoms with Gasteiger partial charge in [-0.1, -0.05) is 31.2 Å². The first kappa shape index (κ1) is 19.7. The van der Waals surface area contributed by atoms with Crippen molar-refractivity contribution in [2.45, 2.75) is 25.2 Å². The molecule has 3 aromatic rings. The monoisotopic (exact) mass is 418 g/mol. The highest BCUT2D eigenvalue weighted by Crippen LogP contribution is 2.45. The number of alkyl halides is 3. The summed E-state index contributed by atoms with van der Waals surface area (Å²) in [5.74, 6) is -2.04. The predicted molar refractivity (Wildman–Crippen MR) is 103 cm³/mol. The highest BCUT2D eigenvalue weighted by Gasteiger charge is 2.67. The molecule has 0 saturated heterocycles. The molecule has 1 aromatic heterocycles. The van der Waals surface area contributed by atoms with Crippen LogP contribution in [-0.2, 0) is 15.3 Å². The van der Waals surface area contributed by atoms with Crippen LogP contribution in [0.25, 0.3) is 22.2 Å². The Morgan fingerprint density at radius 2 is 2.00 bits per heavy atom. The van der Waals surface area contributed by atoms with Crippen molar-refractivity contribution in [3.05, 3.63) is 42.5 Å². The summed E-state index contributed by atoms with van der Waals surface area (Å²) < 4.78 is 48.6. The minimum absolute atomic E-state index is 0.0531. The predicted octanol–water partition coefficient (Wildman–Crippen LogP) is 3.41. The summed E-state index contributed by atoms with van der Waals surface area (Å²) in [7, 11) is 1.51. The lowest BCUT2D eigenvalue weighted by atomic mass is 10.0. The van der Waals surface area contributed by atoms with Crippen LogP contribution in [0.15, 0.2) is 42.5 Å². The molecule has 10 heteroatoms. The Hall–Kier alpha value is -3.56. The third-order valence-electron chi connectivity index (χ3n) is 5.01. The van der Waals surface area contributed by atoms with Crippen LogP contribution in [0, 0.1) is 0 Å². The van der Waals surface area contributed by atoms with E-state index in [0.29, 0.717) is 21.4 Å². The van der Waals surface area contributed by atoms with E-state index in [1.807, 2.05) is 5.32 Å². The zero-order chi connectivity index (χ0) is 21.7. The lowest BCUT2D eigenvalue weighted by Crippen LogP contribution is -2.63. The zero-order valence-electron chi connectivity index (χ0n) is 16.0. The molecule has 2 N–H and O–H groups in total. The first-order chi connectivity index (χ1) is 14.2. The van der Waals surface area contributed by atoms with E-state index in [0.717, 1.165) is 0 Å². The van der Waals surface area contributed by atoms with Crippen molar-refractivity contribution in [3.63, 3.8) is 0 Å². The second-order valence-corrected chi connectivity index (χ2v) is 6.74. The van der Waals surface area contributed by atoms with Crippen LogP contribution in [0.4, 0.5) is 19.1 Å². The maximum Gasteiger partial charge on any atom is 0.440 e. The molecule has 0 aliphatic carbocycles. The Kier molecular flexibility index (Phi) is 4.44. The van der Waals surface area contributed by atoms with Crippen molar-refractivity contribution < 1.29 is 27.5 Å². The molecule has 2 aromatic carbocycles. The summed E-state index contributed by atoms with van der Waals surface area (Å²) in [6.45, 7) is 1.40. The number of aromatic nitrogens is 2. The molecule has 0 spiro atoms. The maximum atomic E-state index is 14.2. The van der Waals surface area contributed by atoms with Gasteiger partial charge < -0.3 is 10.1 Å². The quantitative estimate of drug-likeness (QED) is 0.680. The van der Waals surface area contributed by atoms with Gasteiger partial charge >= 0.3 is 6.18 Å². The van der Waals surface area contributed by atoms with Gasteiger partial charge in [-0.25, -0.2) is 4.98 Å². The van der Waals surface area contributed by atoms with Crippen LogP contribution in [-0.4, -0.2) is 34.7 Å². The molecule has 1 unspecified atom stereocenters. The number of hydrogen-bond donors (Lipinski definition) is 2. The van der Waals surface area contributed by atoms with Gasteiger partial charge in [-0.05, 0) is 23.8 Å². The van der Waals surface area contributed by atoms with E-state index in [1.165, 1.54) is 20.1 Å². The number of imidazole rings is 1. The number of carbonyl (C=O) groups is 2. The number of anilines is 1. The average Bonchev–Trinajstić information content (AvgIpc) is 3.21. The van der Waals surface area contributed by atoms with Gasteiger partial charge in [-0.3, -0.25) is 19.5 Å². The molecule has 1 aliphatic heterocycles. The van der Waals surface area contributed by atoms with E-state index in [2.05, 4.69) is 10.3 Å². The average molecular weight is 418 g/mol. The summed E-state index contributed by atoms with van der Waals surface area (Å²) in [5, 5.41) is 4.04. The number of nitrogens with zero attached hydrogens (tertiary/aromatic N) is 2. The number of methoxy groups -OCH3 is 1. The number of para-hydroxylation sites is 1. The van der Waals surface area contributed by atoms with Crippen molar-refractivity contribution in [2.75, 3.05) is 12.4 Å². The van der Waals surface area contributed by atoms with E-state index in [9.17, 15) is 22.8 Å². The minimum Gasteiger partial charge on any atom is -0.497 e. The second kappa shape index (κ2) is 6.75. The third kappa shape index (κ3) is 2.71. The van der Waals surface area contributed by atoms with Gasteiger partial charge in [-0.15, -0.1) is 0 Å². The van der Waals surface area contributed by atoms with Crippen LogP contribution >= 0.6 is 0 Å². The number of benzene rings is 2. The van der Waals surface area contributed by atoms with E-state index in [4.69, 9.17) is 4.74 Å². The van der Waals surface area contributed by atoms with E-state index >= 15 is 0 Å². The Morgan fingerprint density at radius 3 is 2.67 bits per heavy atom. The van der Waals surface area contributed by atoms with E-state index in [-0.39, 0.29) is 23.4 Å². The van der Waals surface area contributed by atoms with Gasteiger partial charge in [0.25, 0.3) is 11.6 Å². The smallest absolute Gasteiger partial charge is 0.440 e. The number of rotatable bonds is 4. The molecule has 4 rings (SSSR count). The molecule has 2 amide bonds. The lowest BCUT2D eigenvalue weighted by Gasteiger charge is -2.31. The summed E-state index contributed by atoms with van der Waals surface area (Å²) in [6, 6.07) is 11.7. The van der Waals surface area contributed by atoms with E-state index in [1.54, 1.807) is 36.4 Å². The maximum absolute atomic E-state index is 14.2. The topological polar surface area (TPSA) is 85.2 Å². The second-order valence-electron chi connectivity index (χ2n) is 6.74. The number of carbonyl (C=O) groups excluding carboxylic acids is 2. The Morgan fingerprint density at radius 1 is 1.27 bits per heavy atom. The summed E-state index contributed by atoms with van der Waals surface area (Å²) >= 11 is 0. The van der Waals surface area contributed by atoms with Gasteiger partial charge in [0.2, 0.25) is 11.9 Å². The first-order valence-electron chi connectivity index (χ1n) is 9.08. The van der Waals surface area contributed by atoms with Crippen LogP contribution in [0.5, 0.6) is 5.75 Å². The zero-order valence-corrected chi connectivity index (χ0v) is 16.0. The normalized spacial score (nSPS) is 18.2. The number of hydrogen-bond acceptors (Lipinski definition) is 4. The van der Waals surface area contributed by atoms with Gasteiger partial charge in [0.05, 0.1) is 18.1 Å². The molecule has 2 heterocycles. The van der Waals surface area contributed by atoms with Crippen LogP contribution in [0.3, 0.4) is 0 Å². The van der Waals surface area contributed by atoms with Crippen molar-refractivity contribution in [3.8, 4) is 16.9 Å². The molecule has 1 aliphatic rings. The number of ether oxygens (including phenoxy) is 1. The Labute approximate surface area is 168 Å². The highest BCUT2D eigenvalue weighted by molar-refractivity contribution is 6.06. The van der Waals surface area contributed by atoms with Gasteiger partial charge in [-0.2, -0.15) is 13.2 Å². The summed E-state index contributed by atoms with van der Waals surface area (Å²) in [4.78, 5) is 28.7. The summed E-state index contributed by atoms with van der Waals surface area (Å²) in [5.41, 5.74) is -1.74. The molecule has 0 saturated carbocycles. The largest absolute Gasteiger partial charge is 0.497 e. The summed E-state index contributed by atoms with van der Waals surface area (Å²) in [6.07, 6.45) is -5.32. The van der Waals surface area contributed by atoms with Gasteiger partial charge in [0.15, 0.2) is 0 Å². The fraction of sp³-hybridized carbons (Fsp3) is 0.250. The van der Waals surface area contributed by atoms with Crippen molar-refractivity contribution in [1.29, 1.82) is 0 Å². The number of halogens is 3. The molecule has 0 bridgehead atoms. The highest BCUT2D eigenvalue weighted by atomic mass is 19.4. The lowest BCUT2D eigenvalue weighted by molar-refractivity contribution is -0.217. The standard InChI is InChI=1S/C20H17F3N4O3/c1-3-15(28)26-19(20(21,22)23)17(29)25-18-24-16-13(8-5-9-14(16)27(18)19)11-6-4-7-12(10-11)30-2/h4-10H,3H2,1-2H3,(H,26,28)(H,24,25,29). The fourth-order valence-corrected chi connectivity index (χ4v) is 3.57. The fourth-order valence-electron chi connectivity index (χ4n) is 3.57. The molecule has 0 radical (unpaired) electrons. The van der Waals surface area contributed by atoms with Crippen LogP contribution in [0.2, 0.25) is 0 Å². The van der Waals surface area contributed by atoms with Crippen molar-refractivity contribution >= 4 is 28.8 Å². The molecule has 7 nitrogen and oxygen atoms in total. The Bertz CT molecular complexity index is 1170. The molecule has 30 heavy (non-hydrogen) atoms. The molecular formula is C20H17F3N4O3. The molecule has 0 fully saturated rings. The SMILES string of the molecule is CCC(=O)NC1(C(F)(F)F)C(=O)Nc2nc3c(-c4cccc(OC)c4)cccc3n21. The number of amides is 2. The van der Waals surface area contributed by atoms with Crippen LogP contribution in [0.1, 0.15) is 13.3 Å². The number of nitrogens with one attached hydrogen (secondary N) is 2. The minimum atomic E-state index is -5.10. The number of fused-ring (bicyclic) bond motifs is 3. The molecule has 1 atom stereocenters. The first-order valence-corrected chi connectivity index (χ1v) is 9.08. The van der Waals surface area contributed by atoms with Crippen molar-refractivity contribution in [1.82, 2.24) is 14.9 Å². The molecular weight excluding hydrogens is 401 g/mol. The van der Waals surface area contributed by atoms with Gasteiger partial charge in [0, 0.05) is 12.0 Å². The molecule has 156 valence electrons. The Balaban J connectivity index is 1.99. The van der Waals surface area contributed by atoms with Crippen LogP contribution < -0.4 is 15.4 Å². The third-order valence-corrected chi connectivity index (χ3v) is 5.01. The van der Waals surface area contributed by atoms with E-state index < -0.39 is 23.7 Å². The van der Waals surface area contributed by atoms with Gasteiger partial charge in [0.1, 0.15) is 5.75 Å². The van der Waals surface area contributed by atoms with Crippen molar-refractivity contribution in [2.24, 2.45) is 0 Å².